The average molecular weight is 436 g/mol. The minimum atomic E-state index is -0.457. The summed E-state index contributed by atoms with van der Waals surface area (Å²) in [6.45, 7) is 6.37. The van der Waals surface area contributed by atoms with Gasteiger partial charge in [0.05, 0.1) is 29.0 Å². The molecule has 0 saturated heterocycles. The van der Waals surface area contributed by atoms with Crippen molar-refractivity contribution in [2.24, 2.45) is 0 Å². The maximum absolute atomic E-state index is 13.0. The third-order valence-electron chi connectivity index (χ3n) is 5.96. The molecule has 0 N–H and O–H groups in total. The molecule has 5 heteroatoms. The molecule has 2 aromatic rings. The minimum absolute atomic E-state index is 0.248. The van der Waals surface area contributed by atoms with Gasteiger partial charge in [0.15, 0.2) is 0 Å². The number of rotatable bonds is 11. The van der Waals surface area contributed by atoms with Gasteiger partial charge >= 0.3 is 5.97 Å². The Labute approximate surface area is 190 Å². The fourth-order valence-corrected chi connectivity index (χ4v) is 4.03. The van der Waals surface area contributed by atoms with Gasteiger partial charge in [-0.25, -0.2) is 9.69 Å². The quantitative estimate of drug-likeness (QED) is 0.233. The predicted octanol–water partition coefficient (Wildman–Crippen LogP) is 6.40. The van der Waals surface area contributed by atoms with E-state index in [9.17, 15) is 14.4 Å². The van der Waals surface area contributed by atoms with E-state index < -0.39 is 11.9 Å². The highest BCUT2D eigenvalue weighted by molar-refractivity contribution is 6.35. The second-order valence-corrected chi connectivity index (χ2v) is 8.61. The van der Waals surface area contributed by atoms with Gasteiger partial charge in [-0.15, -0.1) is 0 Å². The maximum atomic E-state index is 13.0. The SMILES string of the molecule is CCCCCCCCCCOC(=O)c1ccc2c(c1)C(=O)N(c1cc(C)ccc1C)C2=O. The zero-order valence-corrected chi connectivity index (χ0v) is 19.4. The molecular weight excluding hydrogens is 402 g/mol. The summed E-state index contributed by atoms with van der Waals surface area (Å²) in [5.41, 5.74) is 3.25. The van der Waals surface area contributed by atoms with E-state index >= 15 is 0 Å². The number of esters is 1. The Bertz CT molecular complexity index is 995. The van der Waals surface area contributed by atoms with Crippen molar-refractivity contribution in [2.45, 2.75) is 72.1 Å². The molecule has 3 rings (SSSR count). The fraction of sp³-hybridized carbons (Fsp3) is 0.444. The third kappa shape index (κ3) is 5.45. The molecule has 5 nitrogen and oxygen atoms in total. The minimum Gasteiger partial charge on any atom is -0.462 e. The summed E-state index contributed by atoms with van der Waals surface area (Å²) in [4.78, 5) is 39.6. The van der Waals surface area contributed by atoms with E-state index in [-0.39, 0.29) is 11.5 Å². The molecule has 2 aromatic carbocycles. The van der Waals surface area contributed by atoms with Crippen LogP contribution in [-0.4, -0.2) is 24.4 Å². The highest BCUT2D eigenvalue weighted by Gasteiger charge is 2.37. The molecule has 0 aromatic heterocycles. The lowest BCUT2D eigenvalue weighted by Gasteiger charge is -2.17. The Morgan fingerprint density at radius 3 is 2.19 bits per heavy atom. The monoisotopic (exact) mass is 435 g/mol. The van der Waals surface area contributed by atoms with Crippen molar-refractivity contribution >= 4 is 23.5 Å². The molecule has 170 valence electrons. The Kier molecular flexibility index (Phi) is 8.20. The number of anilines is 1. The van der Waals surface area contributed by atoms with Crippen molar-refractivity contribution in [1.29, 1.82) is 0 Å². The molecule has 0 aliphatic carbocycles. The van der Waals surface area contributed by atoms with Gasteiger partial charge in [0.2, 0.25) is 0 Å². The summed E-state index contributed by atoms with van der Waals surface area (Å²) in [5, 5.41) is 0. The van der Waals surface area contributed by atoms with Crippen LogP contribution >= 0.6 is 0 Å². The molecular formula is C27H33NO4. The summed E-state index contributed by atoms with van der Waals surface area (Å²) < 4.78 is 5.39. The van der Waals surface area contributed by atoms with Crippen LogP contribution in [0.2, 0.25) is 0 Å². The molecule has 1 heterocycles. The number of carbonyl (C=O) groups is 3. The molecule has 0 atom stereocenters. The lowest BCUT2D eigenvalue weighted by molar-refractivity contribution is 0.0497. The number of hydrogen-bond acceptors (Lipinski definition) is 4. The number of aryl methyl sites for hydroxylation is 2. The van der Waals surface area contributed by atoms with Gasteiger partial charge in [0.25, 0.3) is 11.8 Å². The first-order valence-electron chi connectivity index (χ1n) is 11.7. The molecule has 0 radical (unpaired) electrons. The van der Waals surface area contributed by atoms with E-state index in [1.807, 2.05) is 32.0 Å². The topological polar surface area (TPSA) is 63.7 Å². The largest absolute Gasteiger partial charge is 0.462 e. The highest BCUT2D eigenvalue weighted by atomic mass is 16.5. The van der Waals surface area contributed by atoms with E-state index in [4.69, 9.17) is 4.74 Å². The van der Waals surface area contributed by atoms with Gasteiger partial charge in [-0.2, -0.15) is 0 Å². The number of benzene rings is 2. The number of hydrogen-bond donors (Lipinski definition) is 0. The summed E-state index contributed by atoms with van der Waals surface area (Å²) in [6.07, 6.45) is 9.39. The number of carbonyl (C=O) groups excluding carboxylic acids is 3. The van der Waals surface area contributed by atoms with Crippen molar-refractivity contribution in [2.75, 3.05) is 11.5 Å². The molecule has 0 spiro atoms. The first-order chi connectivity index (χ1) is 15.4. The van der Waals surface area contributed by atoms with Gasteiger partial charge < -0.3 is 4.74 Å². The van der Waals surface area contributed by atoms with Crippen LogP contribution in [0.4, 0.5) is 5.69 Å². The van der Waals surface area contributed by atoms with Crippen molar-refractivity contribution in [3.8, 4) is 0 Å². The number of ether oxygens (including phenoxy) is 1. The third-order valence-corrected chi connectivity index (χ3v) is 5.96. The Morgan fingerprint density at radius 1 is 0.812 bits per heavy atom. The van der Waals surface area contributed by atoms with Crippen LogP contribution in [0, 0.1) is 13.8 Å². The lowest BCUT2D eigenvalue weighted by atomic mass is 10.1. The Balaban J connectivity index is 1.57. The summed E-state index contributed by atoms with van der Waals surface area (Å²) in [5.74, 6) is -1.23. The van der Waals surface area contributed by atoms with Gasteiger partial charge in [-0.1, -0.05) is 64.0 Å². The van der Waals surface area contributed by atoms with Crippen LogP contribution in [0.1, 0.15) is 100 Å². The molecule has 2 amide bonds. The highest BCUT2D eigenvalue weighted by Crippen LogP contribution is 2.31. The standard InChI is InChI=1S/C27H33NO4/c1-4-5-6-7-8-9-10-11-16-32-27(31)21-14-15-22-23(18-21)26(30)28(25(22)29)24-17-19(2)12-13-20(24)3/h12-15,17-18H,4-11,16H2,1-3H3. The van der Waals surface area contributed by atoms with Crippen LogP contribution < -0.4 is 4.90 Å². The van der Waals surface area contributed by atoms with Crippen LogP contribution in [0.3, 0.4) is 0 Å². The Morgan fingerprint density at radius 2 is 1.47 bits per heavy atom. The summed E-state index contributed by atoms with van der Waals surface area (Å²) in [6, 6.07) is 10.3. The van der Waals surface area contributed by atoms with Crippen LogP contribution in [0.15, 0.2) is 36.4 Å². The first kappa shape index (κ1) is 23.7. The second kappa shape index (κ2) is 11.1. The van der Waals surface area contributed by atoms with Crippen LogP contribution in [-0.2, 0) is 4.74 Å². The zero-order chi connectivity index (χ0) is 23.1. The normalized spacial score (nSPS) is 12.9. The van der Waals surface area contributed by atoms with E-state index in [0.717, 1.165) is 30.4 Å². The van der Waals surface area contributed by atoms with Crippen LogP contribution in [0.5, 0.6) is 0 Å². The van der Waals surface area contributed by atoms with E-state index in [1.165, 1.54) is 43.1 Å². The molecule has 0 bridgehead atoms. The predicted molar refractivity (Wildman–Crippen MR) is 126 cm³/mol. The van der Waals surface area contributed by atoms with E-state index in [1.54, 1.807) is 12.1 Å². The molecule has 32 heavy (non-hydrogen) atoms. The lowest BCUT2D eigenvalue weighted by Crippen LogP contribution is -2.30. The number of unbranched alkanes of at least 4 members (excludes halogenated alkanes) is 7. The zero-order valence-electron chi connectivity index (χ0n) is 19.4. The summed E-state index contributed by atoms with van der Waals surface area (Å²) >= 11 is 0. The first-order valence-corrected chi connectivity index (χ1v) is 11.7. The van der Waals surface area contributed by atoms with Crippen LogP contribution in [0.25, 0.3) is 0 Å². The molecule has 0 unspecified atom stereocenters. The van der Waals surface area contributed by atoms with Gasteiger partial charge in [-0.05, 0) is 55.7 Å². The van der Waals surface area contributed by atoms with E-state index in [0.29, 0.717) is 23.4 Å². The molecule has 1 aliphatic heterocycles. The Hall–Kier alpha value is -2.95. The smallest absolute Gasteiger partial charge is 0.338 e. The number of amides is 2. The number of fused-ring (bicyclic) bond motifs is 1. The van der Waals surface area contributed by atoms with Crippen molar-refractivity contribution in [3.63, 3.8) is 0 Å². The van der Waals surface area contributed by atoms with Gasteiger partial charge in [0.1, 0.15) is 0 Å². The van der Waals surface area contributed by atoms with Crippen molar-refractivity contribution in [3.05, 3.63) is 64.2 Å². The summed E-state index contributed by atoms with van der Waals surface area (Å²) in [7, 11) is 0. The number of imide groups is 1. The van der Waals surface area contributed by atoms with Gasteiger partial charge in [-0.3, -0.25) is 9.59 Å². The fourth-order valence-electron chi connectivity index (χ4n) is 4.03. The molecule has 1 aliphatic rings. The number of nitrogens with zero attached hydrogens (tertiary/aromatic N) is 1. The van der Waals surface area contributed by atoms with Gasteiger partial charge in [0, 0.05) is 0 Å². The second-order valence-electron chi connectivity index (χ2n) is 8.61. The molecule has 0 fully saturated rings. The van der Waals surface area contributed by atoms with Crippen molar-refractivity contribution in [1.82, 2.24) is 0 Å². The van der Waals surface area contributed by atoms with Crippen molar-refractivity contribution < 1.29 is 19.1 Å². The maximum Gasteiger partial charge on any atom is 0.338 e. The van der Waals surface area contributed by atoms with E-state index in [2.05, 4.69) is 6.92 Å². The average Bonchev–Trinajstić information content (AvgIpc) is 3.03. The molecule has 0 saturated carbocycles.